The third kappa shape index (κ3) is 3.09. The third-order valence-corrected chi connectivity index (χ3v) is 3.43. The van der Waals surface area contributed by atoms with Crippen LogP contribution >= 0.6 is 0 Å². The molecule has 4 N–H and O–H groups in total. The number of rotatable bonds is 6. The van der Waals surface area contributed by atoms with Crippen LogP contribution in [0.1, 0.15) is 19.8 Å². The Bertz CT molecular complexity index is 314. The van der Waals surface area contributed by atoms with Crippen molar-refractivity contribution in [1.29, 1.82) is 0 Å². The molecule has 0 saturated carbocycles. The molecule has 2 unspecified atom stereocenters. The Hall–Kier alpha value is -1.30. The molecule has 1 amide bonds. The molecule has 7 heteroatoms. The molecule has 2 atom stereocenters. The standard InChI is InChI=1S/C10H20N6O/c1-2-8-7-13-4-3-10(8,9(11)17)14-5-6-15-16-12/h8,13-14H,2-7H2,1H3,(H2,11,17). The second-order valence-electron chi connectivity index (χ2n) is 4.28. The summed E-state index contributed by atoms with van der Waals surface area (Å²) >= 11 is 0. The van der Waals surface area contributed by atoms with Crippen LogP contribution < -0.4 is 16.4 Å². The van der Waals surface area contributed by atoms with Gasteiger partial charge in [-0.3, -0.25) is 4.79 Å². The van der Waals surface area contributed by atoms with Gasteiger partial charge in [-0.2, -0.15) is 0 Å². The zero-order valence-corrected chi connectivity index (χ0v) is 10.1. The molecule has 1 aliphatic heterocycles. The molecule has 1 aliphatic rings. The summed E-state index contributed by atoms with van der Waals surface area (Å²) in [7, 11) is 0. The molecule has 96 valence electrons. The number of nitrogens with zero attached hydrogens (tertiary/aromatic N) is 3. The molecular weight excluding hydrogens is 220 g/mol. The maximum Gasteiger partial charge on any atom is 0.238 e. The molecule has 1 heterocycles. The predicted octanol–water partition coefficient (Wildman–Crippen LogP) is 0.130. The van der Waals surface area contributed by atoms with Crippen LogP contribution in [0.25, 0.3) is 10.4 Å². The van der Waals surface area contributed by atoms with E-state index in [-0.39, 0.29) is 11.8 Å². The van der Waals surface area contributed by atoms with Gasteiger partial charge in [-0.1, -0.05) is 12.0 Å². The number of carbonyl (C=O) groups is 1. The summed E-state index contributed by atoms with van der Waals surface area (Å²) in [4.78, 5) is 14.4. The molecular formula is C10H20N6O. The Morgan fingerprint density at radius 3 is 3.12 bits per heavy atom. The molecule has 0 spiro atoms. The van der Waals surface area contributed by atoms with Crippen molar-refractivity contribution in [2.75, 3.05) is 26.2 Å². The maximum atomic E-state index is 11.7. The van der Waals surface area contributed by atoms with E-state index >= 15 is 0 Å². The Morgan fingerprint density at radius 1 is 1.76 bits per heavy atom. The van der Waals surface area contributed by atoms with Crippen LogP contribution in [0.3, 0.4) is 0 Å². The third-order valence-electron chi connectivity index (χ3n) is 3.43. The van der Waals surface area contributed by atoms with Crippen molar-refractivity contribution in [2.24, 2.45) is 16.8 Å². The topological polar surface area (TPSA) is 116 Å². The van der Waals surface area contributed by atoms with Crippen molar-refractivity contribution < 1.29 is 4.79 Å². The quantitative estimate of drug-likeness (QED) is 0.265. The van der Waals surface area contributed by atoms with Crippen molar-refractivity contribution >= 4 is 5.91 Å². The Labute approximate surface area is 101 Å². The van der Waals surface area contributed by atoms with E-state index in [1.165, 1.54) is 0 Å². The van der Waals surface area contributed by atoms with Crippen LogP contribution in [0.15, 0.2) is 5.11 Å². The van der Waals surface area contributed by atoms with Gasteiger partial charge in [-0.15, -0.1) is 0 Å². The number of piperidine rings is 1. The molecule has 1 rings (SSSR count). The lowest BCUT2D eigenvalue weighted by molar-refractivity contribution is -0.128. The van der Waals surface area contributed by atoms with E-state index in [2.05, 4.69) is 20.7 Å². The first-order chi connectivity index (χ1) is 8.17. The molecule has 0 radical (unpaired) electrons. The summed E-state index contributed by atoms with van der Waals surface area (Å²) in [6, 6.07) is 0. The van der Waals surface area contributed by atoms with Crippen LogP contribution in [-0.4, -0.2) is 37.6 Å². The maximum absolute atomic E-state index is 11.7. The minimum atomic E-state index is -0.662. The number of nitrogens with two attached hydrogens (primary N) is 1. The van der Waals surface area contributed by atoms with E-state index in [0.29, 0.717) is 19.5 Å². The number of nitrogens with one attached hydrogen (secondary N) is 2. The largest absolute Gasteiger partial charge is 0.368 e. The van der Waals surface area contributed by atoms with Crippen molar-refractivity contribution in [2.45, 2.75) is 25.3 Å². The first-order valence-corrected chi connectivity index (χ1v) is 5.94. The van der Waals surface area contributed by atoms with Crippen molar-refractivity contribution in [1.82, 2.24) is 10.6 Å². The summed E-state index contributed by atoms with van der Waals surface area (Å²) < 4.78 is 0. The van der Waals surface area contributed by atoms with Crippen LogP contribution in [0.5, 0.6) is 0 Å². The van der Waals surface area contributed by atoms with Gasteiger partial charge >= 0.3 is 0 Å². The first-order valence-electron chi connectivity index (χ1n) is 5.94. The number of hydrogen-bond donors (Lipinski definition) is 3. The lowest BCUT2D eigenvalue weighted by Crippen LogP contribution is -2.66. The molecule has 1 saturated heterocycles. The van der Waals surface area contributed by atoms with Crippen LogP contribution in [0.2, 0.25) is 0 Å². The van der Waals surface area contributed by atoms with Crippen molar-refractivity contribution in [3.63, 3.8) is 0 Å². The second-order valence-corrected chi connectivity index (χ2v) is 4.28. The number of azide groups is 1. The summed E-state index contributed by atoms with van der Waals surface area (Å²) in [5, 5.41) is 9.91. The van der Waals surface area contributed by atoms with E-state index in [1.807, 2.05) is 6.92 Å². The highest BCUT2D eigenvalue weighted by Gasteiger charge is 2.44. The van der Waals surface area contributed by atoms with Gasteiger partial charge in [0.05, 0.1) is 0 Å². The van der Waals surface area contributed by atoms with Crippen LogP contribution in [0.4, 0.5) is 0 Å². The molecule has 0 aliphatic carbocycles. The zero-order chi connectivity index (χ0) is 12.7. The number of carbonyl (C=O) groups excluding carboxylic acids is 1. The lowest BCUT2D eigenvalue weighted by atomic mass is 9.76. The molecule has 17 heavy (non-hydrogen) atoms. The lowest BCUT2D eigenvalue weighted by Gasteiger charge is -2.42. The monoisotopic (exact) mass is 240 g/mol. The van der Waals surface area contributed by atoms with E-state index in [0.717, 1.165) is 19.5 Å². The highest BCUT2D eigenvalue weighted by Crippen LogP contribution is 2.26. The summed E-state index contributed by atoms with van der Waals surface area (Å²) in [5.74, 6) is -0.133. The van der Waals surface area contributed by atoms with E-state index in [1.54, 1.807) is 0 Å². The predicted molar refractivity (Wildman–Crippen MR) is 65.2 cm³/mol. The van der Waals surface area contributed by atoms with Crippen molar-refractivity contribution in [3.05, 3.63) is 10.4 Å². The highest BCUT2D eigenvalue weighted by molar-refractivity contribution is 5.85. The summed E-state index contributed by atoms with van der Waals surface area (Å²) in [6.45, 7) is 4.41. The van der Waals surface area contributed by atoms with E-state index < -0.39 is 5.54 Å². The molecule has 1 fully saturated rings. The molecule has 0 bridgehead atoms. The minimum Gasteiger partial charge on any atom is -0.368 e. The van der Waals surface area contributed by atoms with E-state index in [9.17, 15) is 4.79 Å². The fraction of sp³-hybridized carbons (Fsp3) is 0.900. The van der Waals surface area contributed by atoms with Crippen molar-refractivity contribution in [3.8, 4) is 0 Å². The second kappa shape index (κ2) is 6.44. The van der Waals surface area contributed by atoms with Crippen LogP contribution in [-0.2, 0) is 4.79 Å². The average molecular weight is 240 g/mol. The summed E-state index contributed by atoms with van der Waals surface area (Å²) in [5.41, 5.74) is 13.1. The molecule has 0 aromatic heterocycles. The minimum absolute atomic E-state index is 0.180. The van der Waals surface area contributed by atoms with Gasteiger partial charge in [-0.25, -0.2) is 0 Å². The highest BCUT2D eigenvalue weighted by atomic mass is 16.1. The van der Waals surface area contributed by atoms with Crippen LogP contribution in [0, 0.1) is 5.92 Å². The molecule has 7 nitrogen and oxygen atoms in total. The van der Waals surface area contributed by atoms with Gasteiger partial charge in [0.1, 0.15) is 5.54 Å². The normalized spacial score (nSPS) is 28.4. The Morgan fingerprint density at radius 2 is 2.53 bits per heavy atom. The average Bonchev–Trinajstić information content (AvgIpc) is 2.34. The van der Waals surface area contributed by atoms with Gasteiger partial charge in [0.15, 0.2) is 0 Å². The first kappa shape index (κ1) is 13.8. The van der Waals surface area contributed by atoms with Gasteiger partial charge < -0.3 is 16.4 Å². The number of amides is 1. The van der Waals surface area contributed by atoms with Gasteiger partial charge in [0.2, 0.25) is 5.91 Å². The summed E-state index contributed by atoms with van der Waals surface area (Å²) in [6.07, 6.45) is 1.56. The van der Waals surface area contributed by atoms with Gasteiger partial charge in [0.25, 0.3) is 0 Å². The zero-order valence-electron chi connectivity index (χ0n) is 10.1. The fourth-order valence-corrected chi connectivity index (χ4v) is 2.45. The van der Waals surface area contributed by atoms with Gasteiger partial charge in [0, 0.05) is 24.5 Å². The molecule has 0 aromatic carbocycles. The van der Waals surface area contributed by atoms with E-state index in [4.69, 9.17) is 11.3 Å². The Balaban J connectivity index is 2.71. The smallest absolute Gasteiger partial charge is 0.238 e. The molecule has 0 aromatic rings. The number of primary amides is 1. The van der Waals surface area contributed by atoms with Gasteiger partial charge in [-0.05, 0) is 30.8 Å². The SMILES string of the molecule is CCC1CNCCC1(NCCN=[N+]=[N-])C(N)=O. The fourth-order valence-electron chi connectivity index (χ4n) is 2.45. The number of hydrogen-bond acceptors (Lipinski definition) is 4. The Kier molecular flexibility index (Phi) is 5.21.